The molecule has 6 heteroatoms. The number of amides is 1. The average Bonchev–Trinajstić information content (AvgIpc) is 2.45. The summed E-state index contributed by atoms with van der Waals surface area (Å²) < 4.78 is 0.828. The third-order valence-corrected chi connectivity index (χ3v) is 4.15. The van der Waals surface area contributed by atoms with E-state index in [2.05, 4.69) is 52.0 Å². The predicted molar refractivity (Wildman–Crippen MR) is 88.7 cm³/mol. The summed E-state index contributed by atoms with van der Waals surface area (Å²) >= 11 is 3.41. The average molecular weight is 355 g/mol. The van der Waals surface area contributed by atoms with Gasteiger partial charge in [0, 0.05) is 42.9 Å². The van der Waals surface area contributed by atoms with Crippen molar-refractivity contribution in [1.29, 1.82) is 0 Å². The Hall–Kier alpha value is -1.14. The minimum absolute atomic E-state index is 0.0583. The number of carbonyl (C=O) groups excluding carboxylic acids is 1. The van der Waals surface area contributed by atoms with Crippen LogP contribution in [0.15, 0.2) is 16.7 Å². The van der Waals surface area contributed by atoms with E-state index < -0.39 is 0 Å². The lowest BCUT2D eigenvalue weighted by Gasteiger charge is -2.38. The Balaban J connectivity index is 2.23. The van der Waals surface area contributed by atoms with Crippen LogP contribution in [-0.4, -0.2) is 60.0 Å². The number of anilines is 1. The molecule has 1 saturated heterocycles. The molecule has 1 aromatic heterocycles. The number of nitrogens with zero attached hydrogens (tertiary/aromatic N) is 3. The van der Waals surface area contributed by atoms with Gasteiger partial charge in [-0.3, -0.25) is 4.79 Å². The van der Waals surface area contributed by atoms with Crippen molar-refractivity contribution in [3.05, 3.63) is 22.3 Å². The topological polar surface area (TPSA) is 48.5 Å². The SMILES string of the molecule is CCCNc1ncc(Br)cc1C(=O)N1CCN(C)CC1C. The van der Waals surface area contributed by atoms with Gasteiger partial charge >= 0.3 is 0 Å². The van der Waals surface area contributed by atoms with Crippen molar-refractivity contribution in [3.8, 4) is 0 Å². The number of carbonyl (C=O) groups is 1. The van der Waals surface area contributed by atoms with Gasteiger partial charge in [-0.2, -0.15) is 0 Å². The van der Waals surface area contributed by atoms with Crippen LogP contribution in [0.2, 0.25) is 0 Å². The van der Waals surface area contributed by atoms with Crippen LogP contribution in [0.3, 0.4) is 0 Å². The Morgan fingerprint density at radius 1 is 1.52 bits per heavy atom. The third-order valence-electron chi connectivity index (χ3n) is 3.72. The summed E-state index contributed by atoms with van der Waals surface area (Å²) in [6.45, 7) is 7.58. The molecule has 0 radical (unpaired) electrons. The first-order valence-corrected chi connectivity index (χ1v) is 8.21. The maximum atomic E-state index is 12.9. The zero-order valence-electron chi connectivity index (χ0n) is 12.9. The lowest BCUT2D eigenvalue weighted by Crippen LogP contribution is -2.52. The number of aromatic nitrogens is 1. The summed E-state index contributed by atoms with van der Waals surface area (Å²) in [4.78, 5) is 21.4. The van der Waals surface area contributed by atoms with Crippen molar-refractivity contribution in [2.75, 3.05) is 38.5 Å². The Morgan fingerprint density at radius 3 is 2.95 bits per heavy atom. The van der Waals surface area contributed by atoms with E-state index >= 15 is 0 Å². The second kappa shape index (κ2) is 7.22. The first-order valence-electron chi connectivity index (χ1n) is 7.41. The van der Waals surface area contributed by atoms with E-state index in [1.807, 2.05) is 11.0 Å². The van der Waals surface area contributed by atoms with Gasteiger partial charge in [-0.05, 0) is 42.4 Å². The first kappa shape index (κ1) is 16.2. The molecule has 1 fully saturated rings. The molecule has 1 N–H and O–H groups in total. The molecular formula is C15H23BrN4O. The molecule has 0 aromatic carbocycles. The predicted octanol–water partition coefficient (Wildman–Crippen LogP) is 2.44. The van der Waals surface area contributed by atoms with Gasteiger partial charge in [-0.25, -0.2) is 4.98 Å². The molecule has 2 rings (SSSR count). The smallest absolute Gasteiger partial charge is 0.257 e. The number of likely N-dealkylation sites (N-methyl/N-ethyl adjacent to an activating group) is 1. The van der Waals surface area contributed by atoms with Crippen molar-refractivity contribution >= 4 is 27.7 Å². The molecule has 1 aromatic rings. The van der Waals surface area contributed by atoms with Gasteiger partial charge in [0.25, 0.3) is 5.91 Å². The molecule has 0 bridgehead atoms. The maximum Gasteiger partial charge on any atom is 0.257 e. The highest BCUT2D eigenvalue weighted by molar-refractivity contribution is 9.10. The number of hydrogen-bond donors (Lipinski definition) is 1. The molecule has 0 spiro atoms. The normalized spacial score (nSPS) is 19.6. The van der Waals surface area contributed by atoms with E-state index in [0.29, 0.717) is 11.4 Å². The van der Waals surface area contributed by atoms with Crippen LogP contribution < -0.4 is 5.32 Å². The lowest BCUT2D eigenvalue weighted by molar-refractivity contribution is 0.0534. The maximum absolute atomic E-state index is 12.9. The summed E-state index contributed by atoms with van der Waals surface area (Å²) in [6, 6.07) is 2.08. The Kier molecular flexibility index (Phi) is 5.58. The summed E-state index contributed by atoms with van der Waals surface area (Å²) in [6.07, 6.45) is 2.72. The molecule has 1 aliphatic heterocycles. The Labute approximate surface area is 134 Å². The van der Waals surface area contributed by atoms with Gasteiger partial charge in [0.15, 0.2) is 0 Å². The fourth-order valence-electron chi connectivity index (χ4n) is 2.58. The van der Waals surface area contributed by atoms with Crippen LogP contribution in [0.1, 0.15) is 30.6 Å². The minimum Gasteiger partial charge on any atom is -0.369 e. The lowest BCUT2D eigenvalue weighted by atomic mass is 10.1. The van der Waals surface area contributed by atoms with E-state index in [1.165, 1.54) is 0 Å². The second-order valence-corrected chi connectivity index (χ2v) is 6.50. The molecule has 116 valence electrons. The number of hydrogen-bond acceptors (Lipinski definition) is 4. The summed E-state index contributed by atoms with van der Waals surface area (Å²) in [5.41, 5.74) is 0.647. The van der Waals surface area contributed by atoms with Gasteiger partial charge in [0.2, 0.25) is 0 Å². The van der Waals surface area contributed by atoms with Gasteiger partial charge < -0.3 is 15.1 Å². The highest BCUT2D eigenvalue weighted by Crippen LogP contribution is 2.22. The zero-order valence-corrected chi connectivity index (χ0v) is 14.5. The molecule has 1 unspecified atom stereocenters. The molecule has 5 nitrogen and oxygen atoms in total. The minimum atomic E-state index is 0.0583. The van der Waals surface area contributed by atoms with Crippen molar-refractivity contribution in [2.24, 2.45) is 0 Å². The molecule has 0 saturated carbocycles. The van der Waals surface area contributed by atoms with Crippen molar-refractivity contribution in [3.63, 3.8) is 0 Å². The van der Waals surface area contributed by atoms with Gasteiger partial charge in [0.1, 0.15) is 5.82 Å². The first-order chi connectivity index (χ1) is 10.0. The van der Waals surface area contributed by atoms with Crippen LogP contribution >= 0.6 is 15.9 Å². The molecule has 1 aliphatic rings. The molecule has 21 heavy (non-hydrogen) atoms. The summed E-state index contributed by atoms with van der Waals surface area (Å²) in [5, 5.41) is 3.24. The van der Waals surface area contributed by atoms with Crippen LogP contribution in [0.25, 0.3) is 0 Å². The Morgan fingerprint density at radius 2 is 2.29 bits per heavy atom. The van der Waals surface area contributed by atoms with Gasteiger partial charge in [-0.1, -0.05) is 6.92 Å². The fraction of sp³-hybridized carbons (Fsp3) is 0.600. The van der Waals surface area contributed by atoms with Crippen LogP contribution in [-0.2, 0) is 0 Å². The highest BCUT2D eigenvalue weighted by Gasteiger charge is 2.28. The molecular weight excluding hydrogens is 332 g/mol. The fourth-order valence-corrected chi connectivity index (χ4v) is 2.91. The van der Waals surface area contributed by atoms with Crippen LogP contribution in [0.5, 0.6) is 0 Å². The largest absolute Gasteiger partial charge is 0.369 e. The van der Waals surface area contributed by atoms with E-state index in [9.17, 15) is 4.79 Å². The van der Waals surface area contributed by atoms with Crippen molar-refractivity contribution in [2.45, 2.75) is 26.3 Å². The quantitative estimate of drug-likeness (QED) is 0.901. The monoisotopic (exact) mass is 354 g/mol. The number of piperazine rings is 1. The highest BCUT2D eigenvalue weighted by atomic mass is 79.9. The molecule has 0 aliphatic carbocycles. The zero-order chi connectivity index (χ0) is 15.4. The number of rotatable bonds is 4. The van der Waals surface area contributed by atoms with E-state index in [-0.39, 0.29) is 11.9 Å². The summed E-state index contributed by atoms with van der Waals surface area (Å²) in [7, 11) is 2.09. The number of halogens is 1. The second-order valence-electron chi connectivity index (χ2n) is 5.59. The Bertz CT molecular complexity index is 508. The van der Waals surface area contributed by atoms with Gasteiger partial charge in [-0.15, -0.1) is 0 Å². The van der Waals surface area contributed by atoms with Gasteiger partial charge in [0.05, 0.1) is 5.56 Å². The van der Waals surface area contributed by atoms with Crippen LogP contribution in [0, 0.1) is 0 Å². The van der Waals surface area contributed by atoms with E-state index in [4.69, 9.17) is 0 Å². The van der Waals surface area contributed by atoms with Crippen LogP contribution in [0.4, 0.5) is 5.82 Å². The van der Waals surface area contributed by atoms with E-state index in [0.717, 1.165) is 37.1 Å². The number of nitrogens with one attached hydrogen (secondary N) is 1. The molecule has 2 heterocycles. The van der Waals surface area contributed by atoms with E-state index in [1.54, 1.807) is 6.20 Å². The van der Waals surface area contributed by atoms with Crippen molar-refractivity contribution in [1.82, 2.24) is 14.8 Å². The molecule has 1 amide bonds. The number of pyridine rings is 1. The molecule has 1 atom stereocenters. The standard InChI is InChI=1S/C15H23BrN4O/c1-4-5-17-14-13(8-12(16)9-18-14)15(21)20-7-6-19(3)10-11(20)2/h8-9,11H,4-7,10H2,1-3H3,(H,17,18). The summed E-state index contributed by atoms with van der Waals surface area (Å²) in [5.74, 6) is 0.735. The third kappa shape index (κ3) is 3.95. The van der Waals surface area contributed by atoms with Crippen molar-refractivity contribution < 1.29 is 4.79 Å².